The molecule has 0 spiro atoms. The molecule has 1 aromatic carbocycles. The monoisotopic (exact) mass is 221 g/mol. The van der Waals surface area contributed by atoms with Gasteiger partial charge in [-0.1, -0.05) is 0 Å². The van der Waals surface area contributed by atoms with E-state index in [1.807, 2.05) is 0 Å². The lowest BCUT2D eigenvalue weighted by molar-refractivity contribution is -0.275. The third-order valence-electron chi connectivity index (χ3n) is 1.62. The van der Waals surface area contributed by atoms with E-state index in [0.29, 0.717) is 0 Å². The Hall–Kier alpha value is -1.79. The summed E-state index contributed by atoms with van der Waals surface area (Å²) in [5.74, 6) is -2.16. The Morgan fingerprint density at radius 2 is 2.00 bits per heavy atom. The van der Waals surface area contributed by atoms with Crippen LogP contribution in [0.4, 0.5) is 17.6 Å². The Balaban J connectivity index is 2.56. The summed E-state index contributed by atoms with van der Waals surface area (Å²) in [5, 5.41) is 0. The second-order valence-electron chi connectivity index (χ2n) is 2.62. The molecule has 1 aromatic heterocycles. The zero-order valence-corrected chi connectivity index (χ0v) is 7.01. The van der Waals surface area contributed by atoms with E-state index >= 15 is 0 Å². The molecule has 0 saturated carbocycles. The van der Waals surface area contributed by atoms with E-state index in [2.05, 4.69) is 14.1 Å². The van der Waals surface area contributed by atoms with Crippen LogP contribution in [-0.2, 0) is 0 Å². The van der Waals surface area contributed by atoms with Gasteiger partial charge in [0.15, 0.2) is 17.8 Å². The summed E-state index contributed by atoms with van der Waals surface area (Å²) >= 11 is 0. The first-order valence-corrected chi connectivity index (χ1v) is 3.75. The number of benzene rings is 1. The van der Waals surface area contributed by atoms with Crippen molar-refractivity contribution in [2.45, 2.75) is 6.36 Å². The van der Waals surface area contributed by atoms with Crippen molar-refractivity contribution in [3.63, 3.8) is 0 Å². The number of hydrogen-bond acceptors (Lipinski definition) is 3. The minimum absolute atomic E-state index is 0.0932. The first-order valence-electron chi connectivity index (χ1n) is 3.75. The van der Waals surface area contributed by atoms with Gasteiger partial charge in [0.25, 0.3) is 0 Å². The van der Waals surface area contributed by atoms with E-state index in [-0.39, 0.29) is 11.1 Å². The van der Waals surface area contributed by atoms with Gasteiger partial charge in [0, 0.05) is 0 Å². The molecule has 0 aliphatic heterocycles. The summed E-state index contributed by atoms with van der Waals surface area (Å²) < 4.78 is 56.8. The fourth-order valence-electron chi connectivity index (χ4n) is 1.09. The van der Waals surface area contributed by atoms with Crippen LogP contribution in [0.15, 0.2) is 22.9 Å². The second kappa shape index (κ2) is 3.11. The lowest BCUT2D eigenvalue weighted by Gasteiger charge is -2.08. The van der Waals surface area contributed by atoms with Crippen LogP contribution in [0.3, 0.4) is 0 Å². The molecule has 2 rings (SSSR count). The molecule has 1 heterocycles. The quantitative estimate of drug-likeness (QED) is 0.694. The maximum atomic E-state index is 13.0. The molecule has 80 valence electrons. The maximum Gasteiger partial charge on any atom is 0.573 e. The topological polar surface area (TPSA) is 35.3 Å². The molecule has 2 aromatic rings. The number of rotatable bonds is 1. The summed E-state index contributed by atoms with van der Waals surface area (Å²) in [7, 11) is 0. The van der Waals surface area contributed by atoms with Gasteiger partial charge < -0.3 is 9.15 Å². The summed E-state index contributed by atoms with van der Waals surface area (Å²) in [6, 6.07) is 2.02. The standard InChI is InChI=1S/C8H3F4NO2/c9-4-1-2-5-7(14-3-13-5)6(4)15-8(10,11)12/h1-3H. The minimum atomic E-state index is -4.97. The van der Waals surface area contributed by atoms with Crippen LogP contribution >= 0.6 is 0 Å². The van der Waals surface area contributed by atoms with Crippen molar-refractivity contribution in [1.29, 1.82) is 0 Å². The molecule has 15 heavy (non-hydrogen) atoms. The maximum absolute atomic E-state index is 13.0. The first-order chi connectivity index (χ1) is 6.97. The number of ether oxygens (including phenoxy) is 1. The van der Waals surface area contributed by atoms with E-state index in [1.54, 1.807) is 0 Å². The highest BCUT2D eigenvalue weighted by molar-refractivity contribution is 5.79. The average molecular weight is 221 g/mol. The van der Waals surface area contributed by atoms with Gasteiger partial charge >= 0.3 is 6.36 Å². The van der Waals surface area contributed by atoms with Crippen molar-refractivity contribution < 1.29 is 26.7 Å². The Kier molecular flexibility index (Phi) is 2.02. The largest absolute Gasteiger partial charge is 0.573 e. The van der Waals surface area contributed by atoms with Gasteiger partial charge in [-0.2, -0.15) is 0 Å². The van der Waals surface area contributed by atoms with Crippen LogP contribution in [0.25, 0.3) is 11.1 Å². The van der Waals surface area contributed by atoms with Crippen molar-refractivity contribution in [2.75, 3.05) is 0 Å². The molecule has 0 unspecified atom stereocenters. The fourth-order valence-corrected chi connectivity index (χ4v) is 1.09. The van der Waals surface area contributed by atoms with Gasteiger partial charge in [0.2, 0.25) is 5.75 Å². The van der Waals surface area contributed by atoms with Crippen LogP contribution in [-0.4, -0.2) is 11.3 Å². The predicted molar refractivity (Wildman–Crippen MR) is 40.6 cm³/mol. The predicted octanol–water partition coefficient (Wildman–Crippen LogP) is 2.87. The molecule has 0 bridgehead atoms. The van der Waals surface area contributed by atoms with E-state index in [0.717, 1.165) is 12.5 Å². The third kappa shape index (κ3) is 1.85. The van der Waals surface area contributed by atoms with Gasteiger partial charge in [-0.15, -0.1) is 13.2 Å². The Morgan fingerprint density at radius 3 is 2.67 bits per heavy atom. The van der Waals surface area contributed by atoms with Crippen LogP contribution in [0, 0.1) is 5.82 Å². The van der Waals surface area contributed by atoms with Gasteiger partial charge in [0.05, 0.1) is 0 Å². The van der Waals surface area contributed by atoms with Crippen molar-refractivity contribution >= 4 is 11.1 Å². The highest BCUT2D eigenvalue weighted by atomic mass is 19.4. The van der Waals surface area contributed by atoms with E-state index in [1.165, 1.54) is 6.07 Å². The summed E-state index contributed by atoms with van der Waals surface area (Å²) in [5.41, 5.74) is -0.275. The summed E-state index contributed by atoms with van der Waals surface area (Å²) in [6.45, 7) is 0. The highest BCUT2D eigenvalue weighted by Crippen LogP contribution is 2.32. The zero-order valence-electron chi connectivity index (χ0n) is 7.01. The number of aromatic nitrogens is 1. The SMILES string of the molecule is Fc1ccc2ncoc2c1OC(F)(F)F. The van der Waals surface area contributed by atoms with Gasteiger partial charge in [-0.05, 0) is 12.1 Å². The second-order valence-corrected chi connectivity index (χ2v) is 2.62. The third-order valence-corrected chi connectivity index (χ3v) is 1.62. The molecule has 0 aliphatic carbocycles. The van der Waals surface area contributed by atoms with Crippen LogP contribution in [0.2, 0.25) is 0 Å². The van der Waals surface area contributed by atoms with Gasteiger partial charge in [-0.25, -0.2) is 9.37 Å². The molecule has 0 aliphatic rings. The molecular weight excluding hydrogens is 218 g/mol. The highest BCUT2D eigenvalue weighted by Gasteiger charge is 2.34. The van der Waals surface area contributed by atoms with Gasteiger partial charge in [-0.3, -0.25) is 0 Å². The number of alkyl halides is 3. The first kappa shape index (κ1) is 9.75. The Bertz CT molecular complexity index is 491. The molecule has 0 atom stereocenters. The molecule has 7 heteroatoms. The number of fused-ring (bicyclic) bond motifs is 1. The smallest absolute Gasteiger partial charge is 0.439 e. The fraction of sp³-hybridized carbons (Fsp3) is 0.125. The Labute approximate surface area is 80.3 Å². The number of nitrogens with zero attached hydrogens (tertiary/aromatic N) is 1. The van der Waals surface area contributed by atoms with Crippen molar-refractivity contribution in [3.05, 3.63) is 24.3 Å². The van der Waals surface area contributed by atoms with Crippen LogP contribution < -0.4 is 4.74 Å². The zero-order chi connectivity index (χ0) is 11.1. The van der Waals surface area contributed by atoms with Gasteiger partial charge in [0.1, 0.15) is 5.52 Å². The minimum Gasteiger partial charge on any atom is -0.439 e. The summed E-state index contributed by atoms with van der Waals surface area (Å²) in [4.78, 5) is 3.57. The molecule has 0 amide bonds. The summed E-state index contributed by atoms with van der Waals surface area (Å²) in [6.07, 6.45) is -4.06. The number of hydrogen-bond donors (Lipinski definition) is 0. The normalized spacial score (nSPS) is 12.0. The average Bonchev–Trinajstić information content (AvgIpc) is 2.56. The van der Waals surface area contributed by atoms with E-state index in [9.17, 15) is 17.6 Å². The molecule has 0 N–H and O–H groups in total. The lowest BCUT2D eigenvalue weighted by atomic mass is 10.3. The molecule has 3 nitrogen and oxygen atoms in total. The van der Waals surface area contributed by atoms with Crippen molar-refractivity contribution in [1.82, 2.24) is 4.98 Å². The van der Waals surface area contributed by atoms with E-state index < -0.39 is 17.9 Å². The van der Waals surface area contributed by atoms with Crippen molar-refractivity contribution in [3.8, 4) is 5.75 Å². The molecular formula is C8H3F4NO2. The van der Waals surface area contributed by atoms with Crippen molar-refractivity contribution in [2.24, 2.45) is 0 Å². The Morgan fingerprint density at radius 1 is 1.27 bits per heavy atom. The lowest BCUT2D eigenvalue weighted by Crippen LogP contribution is -2.18. The molecule has 0 fully saturated rings. The molecule has 0 radical (unpaired) electrons. The van der Waals surface area contributed by atoms with E-state index in [4.69, 9.17) is 0 Å². The van der Waals surface area contributed by atoms with Crippen LogP contribution in [0.5, 0.6) is 5.75 Å². The molecule has 0 saturated heterocycles. The number of halogens is 4. The van der Waals surface area contributed by atoms with Crippen LogP contribution in [0.1, 0.15) is 0 Å². The number of oxazole rings is 1.